The second kappa shape index (κ2) is 10.5. The molecule has 0 spiro atoms. The van der Waals surface area contributed by atoms with Gasteiger partial charge in [-0.1, -0.05) is 0 Å². The maximum Gasteiger partial charge on any atom is 0.119 e. The predicted octanol–water partition coefficient (Wildman–Crippen LogP) is 1.24. The van der Waals surface area contributed by atoms with Crippen molar-refractivity contribution in [3.63, 3.8) is 0 Å². The van der Waals surface area contributed by atoms with Crippen molar-refractivity contribution in [1.29, 1.82) is 0 Å². The van der Waals surface area contributed by atoms with E-state index in [1.807, 2.05) is 38.4 Å². The number of methoxy groups -OCH3 is 1. The molecule has 0 aromatic heterocycles. The summed E-state index contributed by atoms with van der Waals surface area (Å²) < 4.78 is 16.2. The summed E-state index contributed by atoms with van der Waals surface area (Å²) in [6.07, 6.45) is 0. The van der Waals surface area contributed by atoms with Crippen LogP contribution in [0.2, 0.25) is 0 Å². The lowest BCUT2D eigenvalue weighted by molar-refractivity contribution is 0.118. The van der Waals surface area contributed by atoms with Crippen molar-refractivity contribution in [3.05, 3.63) is 24.3 Å². The average molecular weight is 282 g/mol. The largest absolute Gasteiger partial charge is 0.497 e. The van der Waals surface area contributed by atoms with Gasteiger partial charge in [-0.05, 0) is 38.4 Å². The smallest absolute Gasteiger partial charge is 0.119 e. The third-order valence-corrected chi connectivity index (χ3v) is 2.71. The molecule has 0 aliphatic heterocycles. The van der Waals surface area contributed by atoms with E-state index in [2.05, 4.69) is 10.2 Å². The minimum Gasteiger partial charge on any atom is -0.497 e. The lowest BCUT2D eigenvalue weighted by Gasteiger charge is -2.10. The number of benzene rings is 1. The molecule has 0 radical (unpaired) electrons. The maximum absolute atomic E-state index is 5.60. The van der Waals surface area contributed by atoms with Gasteiger partial charge in [0.05, 0.1) is 20.3 Å². The fourth-order valence-electron chi connectivity index (χ4n) is 1.53. The molecule has 0 atom stereocenters. The lowest BCUT2D eigenvalue weighted by Crippen LogP contribution is -2.26. The van der Waals surface area contributed by atoms with Gasteiger partial charge >= 0.3 is 0 Å². The molecule has 0 aliphatic carbocycles. The van der Waals surface area contributed by atoms with Crippen molar-refractivity contribution in [1.82, 2.24) is 10.2 Å². The van der Waals surface area contributed by atoms with E-state index in [9.17, 15) is 0 Å². The van der Waals surface area contributed by atoms with Crippen LogP contribution in [0.1, 0.15) is 0 Å². The summed E-state index contributed by atoms with van der Waals surface area (Å²) in [6, 6.07) is 7.59. The molecule has 0 heterocycles. The Bertz CT molecular complexity index is 341. The Balaban J connectivity index is 1.94. The third-order valence-electron chi connectivity index (χ3n) is 2.71. The molecule has 1 aromatic carbocycles. The van der Waals surface area contributed by atoms with Crippen LogP contribution in [0.4, 0.5) is 0 Å². The van der Waals surface area contributed by atoms with Crippen LogP contribution in [0.3, 0.4) is 0 Å². The fourth-order valence-corrected chi connectivity index (χ4v) is 1.53. The molecule has 0 saturated carbocycles. The number of nitrogens with zero attached hydrogens (tertiary/aromatic N) is 1. The van der Waals surface area contributed by atoms with Gasteiger partial charge in [0.2, 0.25) is 0 Å². The van der Waals surface area contributed by atoms with E-state index in [0.29, 0.717) is 6.61 Å². The zero-order valence-corrected chi connectivity index (χ0v) is 12.7. The highest BCUT2D eigenvalue weighted by Crippen LogP contribution is 2.16. The highest BCUT2D eigenvalue weighted by molar-refractivity contribution is 5.31. The number of hydrogen-bond acceptors (Lipinski definition) is 5. The molecule has 0 unspecified atom stereocenters. The first-order chi connectivity index (χ1) is 9.72. The van der Waals surface area contributed by atoms with Crippen molar-refractivity contribution in [3.8, 4) is 11.5 Å². The Morgan fingerprint density at radius 1 is 0.950 bits per heavy atom. The number of rotatable bonds is 11. The van der Waals surface area contributed by atoms with Crippen molar-refractivity contribution < 1.29 is 14.2 Å². The van der Waals surface area contributed by atoms with Crippen LogP contribution in [0.15, 0.2) is 24.3 Å². The fraction of sp³-hybridized carbons (Fsp3) is 0.600. The normalized spacial score (nSPS) is 10.8. The van der Waals surface area contributed by atoms with E-state index >= 15 is 0 Å². The first-order valence-corrected chi connectivity index (χ1v) is 6.92. The molecular weight excluding hydrogens is 256 g/mol. The molecule has 0 amide bonds. The van der Waals surface area contributed by atoms with Gasteiger partial charge in [-0.3, -0.25) is 0 Å². The van der Waals surface area contributed by atoms with Crippen molar-refractivity contribution >= 4 is 0 Å². The van der Waals surface area contributed by atoms with Crippen LogP contribution in [0, 0.1) is 0 Å². The van der Waals surface area contributed by atoms with E-state index in [-0.39, 0.29) is 0 Å². The molecule has 0 aliphatic rings. The first kappa shape index (κ1) is 16.8. The van der Waals surface area contributed by atoms with Crippen molar-refractivity contribution in [2.75, 3.05) is 60.7 Å². The van der Waals surface area contributed by atoms with Gasteiger partial charge in [-0.2, -0.15) is 0 Å². The van der Waals surface area contributed by atoms with Gasteiger partial charge in [-0.15, -0.1) is 0 Å². The Labute approximate surface area is 121 Å². The molecule has 1 rings (SSSR count). The standard InChI is InChI=1S/C15H26N2O3/c1-17(2)10-13-19-11-8-16-9-12-20-15-6-4-14(18-3)5-7-15/h4-7,16H,8-13H2,1-3H3. The van der Waals surface area contributed by atoms with Crippen LogP contribution >= 0.6 is 0 Å². The minimum atomic E-state index is 0.643. The number of ether oxygens (including phenoxy) is 3. The summed E-state index contributed by atoms with van der Waals surface area (Å²) in [6.45, 7) is 4.76. The summed E-state index contributed by atoms with van der Waals surface area (Å²) in [5.74, 6) is 1.69. The van der Waals surface area contributed by atoms with Gasteiger partial charge in [0.25, 0.3) is 0 Å². The molecule has 0 saturated heterocycles. The Hall–Kier alpha value is -1.30. The zero-order valence-electron chi connectivity index (χ0n) is 12.7. The van der Waals surface area contributed by atoms with E-state index in [1.165, 1.54) is 0 Å². The maximum atomic E-state index is 5.60. The lowest BCUT2D eigenvalue weighted by atomic mass is 10.3. The number of likely N-dealkylation sites (N-methyl/N-ethyl adjacent to an activating group) is 1. The molecule has 20 heavy (non-hydrogen) atoms. The Morgan fingerprint density at radius 3 is 2.25 bits per heavy atom. The summed E-state index contributed by atoms with van der Waals surface area (Å²) >= 11 is 0. The minimum absolute atomic E-state index is 0.643. The Morgan fingerprint density at radius 2 is 1.60 bits per heavy atom. The summed E-state index contributed by atoms with van der Waals surface area (Å²) in [5, 5.41) is 3.28. The van der Waals surface area contributed by atoms with Crippen LogP contribution < -0.4 is 14.8 Å². The van der Waals surface area contributed by atoms with Gasteiger partial charge in [0.15, 0.2) is 0 Å². The van der Waals surface area contributed by atoms with Crippen molar-refractivity contribution in [2.45, 2.75) is 0 Å². The molecular formula is C15H26N2O3. The number of nitrogens with one attached hydrogen (secondary N) is 1. The second-order valence-electron chi connectivity index (χ2n) is 4.69. The molecule has 0 bridgehead atoms. The van der Waals surface area contributed by atoms with Crippen LogP contribution in [0.25, 0.3) is 0 Å². The molecule has 5 heteroatoms. The van der Waals surface area contributed by atoms with E-state index < -0.39 is 0 Å². The first-order valence-electron chi connectivity index (χ1n) is 6.92. The van der Waals surface area contributed by atoms with Crippen LogP contribution in [-0.4, -0.2) is 65.6 Å². The summed E-state index contributed by atoms with van der Waals surface area (Å²) in [7, 11) is 5.73. The molecule has 1 aromatic rings. The van der Waals surface area contributed by atoms with Crippen LogP contribution in [-0.2, 0) is 4.74 Å². The van der Waals surface area contributed by atoms with E-state index in [0.717, 1.165) is 44.3 Å². The molecule has 1 N–H and O–H groups in total. The van der Waals surface area contributed by atoms with Gasteiger partial charge in [0, 0.05) is 19.6 Å². The molecule has 0 fully saturated rings. The Kier molecular flexibility index (Phi) is 8.78. The second-order valence-corrected chi connectivity index (χ2v) is 4.69. The highest BCUT2D eigenvalue weighted by atomic mass is 16.5. The van der Waals surface area contributed by atoms with Crippen LogP contribution in [0.5, 0.6) is 11.5 Å². The van der Waals surface area contributed by atoms with E-state index in [4.69, 9.17) is 14.2 Å². The van der Waals surface area contributed by atoms with Gasteiger partial charge < -0.3 is 24.4 Å². The van der Waals surface area contributed by atoms with Gasteiger partial charge in [0.1, 0.15) is 18.1 Å². The predicted molar refractivity (Wildman–Crippen MR) is 80.7 cm³/mol. The molecule has 5 nitrogen and oxygen atoms in total. The average Bonchev–Trinajstić information content (AvgIpc) is 2.46. The quantitative estimate of drug-likeness (QED) is 0.619. The third kappa shape index (κ3) is 7.99. The van der Waals surface area contributed by atoms with Crippen molar-refractivity contribution in [2.24, 2.45) is 0 Å². The van der Waals surface area contributed by atoms with Gasteiger partial charge in [-0.25, -0.2) is 0 Å². The highest BCUT2D eigenvalue weighted by Gasteiger charge is 1.95. The molecule has 114 valence electrons. The zero-order chi connectivity index (χ0) is 14.6. The summed E-state index contributed by atoms with van der Waals surface area (Å²) in [4.78, 5) is 2.11. The number of hydrogen-bond donors (Lipinski definition) is 1. The van der Waals surface area contributed by atoms with E-state index in [1.54, 1.807) is 7.11 Å². The topological polar surface area (TPSA) is 43.0 Å². The summed E-state index contributed by atoms with van der Waals surface area (Å²) in [5.41, 5.74) is 0. The monoisotopic (exact) mass is 282 g/mol. The SMILES string of the molecule is COc1ccc(OCCNCCOCCN(C)C)cc1.